The Morgan fingerprint density at radius 3 is 2.88 bits per heavy atom. The third-order valence-electron chi connectivity index (χ3n) is 4.44. The summed E-state index contributed by atoms with van der Waals surface area (Å²) in [7, 11) is 1.60. The zero-order chi connectivity index (χ0) is 16.9. The number of rotatable bonds is 4. The van der Waals surface area contributed by atoms with E-state index < -0.39 is 0 Å². The third-order valence-corrected chi connectivity index (χ3v) is 4.81. The predicted octanol–water partition coefficient (Wildman–Crippen LogP) is 2.90. The molecule has 6 heteroatoms. The van der Waals surface area contributed by atoms with Crippen molar-refractivity contribution in [3.05, 3.63) is 57.5 Å². The van der Waals surface area contributed by atoms with Gasteiger partial charge in [-0.2, -0.15) is 5.10 Å². The second-order valence-corrected chi connectivity index (χ2v) is 6.74. The molecule has 0 bridgehead atoms. The van der Waals surface area contributed by atoms with E-state index in [2.05, 4.69) is 39.6 Å². The number of aryl methyl sites for hydroxylation is 1. The van der Waals surface area contributed by atoms with E-state index in [0.717, 1.165) is 26.1 Å². The molecule has 1 aliphatic heterocycles. The number of likely N-dealkylation sites (tertiary alicyclic amines) is 1. The van der Waals surface area contributed by atoms with Gasteiger partial charge in [0.05, 0.1) is 11.9 Å². The van der Waals surface area contributed by atoms with Crippen LogP contribution in [-0.2, 0) is 13.6 Å². The lowest BCUT2D eigenvalue weighted by Gasteiger charge is -2.25. The molecule has 2 heterocycles. The predicted molar refractivity (Wildman–Crippen MR) is 97.5 cm³/mol. The molecule has 0 saturated carbocycles. The fourth-order valence-corrected chi connectivity index (χ4v) is 3.38. The Hall–Kier alpha value is -1.85. The molecule has 24 heavy (non-hydrogen) atoms. The van der Waals surface area contributed by atoms with Crippen molar-refractivity contribution in [2.75, 3.05) is 18.4 Å². The van der Waals surface area contributed by atoms with Gasteiger partial charge in [-0.25, -0.2) is 4.68 Å². The van der Waals surface area contributed by atoms with Gasteiger partial charge in [0.25, 0.3) is 5.56 Å². The molecule has 1 N–H and O–H groups in total. The second-order valence-electron chi connectivity index (χ2n) is 6.36. The molecule has 1 aliphatic rings. The number of nitrogens with zero attached hydrogens (tertiary/aromatic N) is 3. The standard InChI is InChI=1S/C18H23ClN4O/c1-22-18(24)17(19)16(11-20-22)21-15-9-5-6-10-23(13-15)12-14-7-3-2-4-8-14/h2-4,7-8,11,15,21H,5-6,9-10,12-13H2,1H3/t15-/m0/s1. The highest BCUT2D eigenvalue weighted by molar-refractivity contribution is 6.32. The Balaban J connectivity index is 1.69. The fourth-order valence-electron chi connectivity index (χ4n) is 3.15. The molecule has 5 nitrogen and oxygen atoms in total. The smallest absolute Gasteiger partial charge is 0.287 e. The molecule has 0 amide bonds. The lowest BCUT2D eigenvalue weighted by Crippen LogP contribution is -2.35. The zero-order valence-corrected chi connectivity index (χ0v) is 14.7. The van der Waals surface area contributed by atoms with Gasteiger partial charge < -0.3 is 5.32 Å². The van der Waals surface area contributed by atoms with Crippen LogP contribution in [0.5, 0.6) is 0 Å². The van der Waals surface area contributed by atoms with Crippen molar-refractivity contribution in [3.8, 4) is 0 Å². The van der Waals surface area contributed by atoms with Crippen LogP contribution in [0.15, 0.2) is 41.3 Å². The summed E-state index contributed by atoms with van der Waals surface area (Å²) in [5.74, 6) is 0. The minimum Gasteiger partial charge on any atom is -0.378 e. The van der Waals surface area contributed by atoms with E-state index in [1.807, 2.05) is 6.07 Å². The van der Waals surface area contributed by atoms with E-state index in [4.69, 9.17) is 11.6 Å². The molecule has 0 radical (unpaired) electrons. The zero-order valence-electron chi connectivity index (χ0n) is 13.9. The molecule has 0 spiro atoms. The quantitative estimate of drug-likeness (QED) is 0.924. The number of aromatic nitrogens is 2. The molecule has 1 aromatic heterocycles. The molecule has 1 fully saturated rings. The van der Waals surface area contributed by atoms with E-state index in [-0.39, 0.29) is 16.6 Å². The topological polar surface area (TPSA) is 50.2 Å². The fraction of sp³-hybridized carbons (Fsp3) is 0.444. The van der Waals surface area contributed by atoms with Crippen molar-refractivity contribution in [2.45, 2.75) is 31.8 Å². The summed E-state index contributed by atoms with van der Waals surface area (Å²) >= 11 is 6.18. The molecule has 1 saturated heterocycles. The van der Waals surface area contributed by atoms with Crippen molar-refractivity contribution in [2.24, 2.45) is 7.05 Å². The molecule has 1 atom stereocenters. The summed E-state index contributed by atoms with van der Waals surface area (Å²) in [6.07, 6.45) is 5.05. The largest absolute Gasteiger partial charge is 0.378 e. The molecular weight excluding hydrogens is 324 g/mol. The van der Waals surface area contributed by atoms with Gasteiger partial charge in [-0.05, 0) is 24.9 Å². The van der Waals surface area contributed by atoms with Crippen molar-refractivity contribution in [3.63, 3.8) is 0 Å². The maximum atomic E-state index is 11.9. The number of anilines is 1. The van der Waals surface area contributed by atoms with Gasteiger partial charge in [0.2, 0.25) is 0 Å². The Morgan fingerprint density at radius 1 is 1.29 bits per heavy atom. The molecule has 0 aliphatic carbocycles. The van der Waals surface area contributed by atoms with Crippen LogP contribution in [-0.4, -0.2) is 33.8 Å². The number of nitrogens with one attached hydrogen (secondary N) is 1. The van der Waals surface area contributed by atoms with Crippen LogP contribution in [0, 0.1) is 0 Å². The Kier molecular flexibility index (Phi) is 5.53. The van der Waals surface area contributed by atoms with Gasteiger partial charge in [0, 0.05) is 26.2 Å². The first-order valence-corrected chi connectivity index (χ1v) is 8.76. The van der Waals surface area contributed by atoms with E-state index in [1.165, 1.54) is 23.1 Å². The van der Waals surface area contributed by atoms with Gasteiger partial charge in [-0.1, -0.05) is 48.4 Å². The summed E-state index contributed by atoms with van der Waals surface area (Å²) in [4.78, 5) is 14.4. The van der Waals surface area contributed by atoms with E-state index >= 15 is 0 Å². The summed E-state index contributed by atoms with van der Waals surface area (Å²) < 4.78 is 1.25. The lowest BCUT2D eigenvalue weighted by molar-refractivity contribution is 0.269. The summed E-state index contributed by atoms with van der Waals surface area (Å²) in [5.41, 5.74) is 1.69. The van der Waals surface area contributed by atoms with Crippen molar-refractivity contribution in [1.29, 1.82) is 0 Å². The summed E-state index contributed by atoms with van der Waals surface area (Å²) in [5, 5.41) is 7.70. The normalized spacial score (nSPS) is 19.0. The maximum absolute atomic E-state index is 11.9. The van der Waals surface area contributed by atoms with E-state index in [9.17, 15) is 4.79 Å². The van der Waals surface area contributed by atoms with Crippen LogP contribution in [0.4, 0.5) is 5.69 Å². The van der Waals surface area contributed by atoms with E-state index in [0.29, 0.717) is 5.69 Å². The third kappa shape index (κ3) is 4.16. The molecule has 2 aromatic rings. The summed E-state index contributed by atoms with van der Waals surface area (Å²) in [6.45, 7) is 2.97. The van der Waals surface area contributed by atoms with Gasteiger partial charge in [-0.3, -0.25) is 9.69 Å². The number of benzene rings is 1. The second kappa shape index (κ2) is 7.81. The number of halogens is 1. The van der Waals surface area contributed by atoms with Crippen LogP contribution in [0.3, 0.4) is 0 Å². The highest BCUT2D eigenvalue weighted by atomic mass is 35.5. The van der Waals surface area contributed by atoms with Crippen LogP contribution < -0.4 is 10.9 Å². The SMILES string of the molecule is Cn1ncc(N[C@H]2CCCCN(Cc3ccccc3)C2)c(Cl)c1=O. The molecular formula is C18H23ClN4O. The lowest BCUT2D eigenvalue weighted by atomic mass is 10.1. The maximum Gasteiger partial charge on any atom is 0.287 e. The Labute approximate surface area is 147 Å². The monoisotopic (exact) mass is 346 g/mol. The van der Waals surface area contributed by atoms with Crippen LogP contribution in [0.25, 0.3) is 0 Å². The average Bonchev–Trinajstić information content (AvgIpc) is 2.81. The van der Waals surface area contributed by atoms with E-state index in [1.54, 1.807) is 13.2 Å². The van der Waals surface area contributed by atoms with Crippen LogP contribution >= 0.6 is 11.6 Å². The van der Waals surface area contributed by atoms with Crippen molar-refractivity contribution < 1.29 is 0 Å². The molecule has 3 rings (SSSR count). The van der Waals surface area contributed by atoms with Gasteiger partial charge >= 0.3 is 0 Å². The van der Waals surface area contributed by atoms with Crippen molar-refractivity contribution >= 4 is 17.3 Å². The van der Waals surface area contributed by atoms with Gasteiger partial charge in [0.15, 0.2) is 0 Å². The minimum atomic E-state index is -0.267. The first-order valence-electron chi connectivity index (χ1n) is 8.38. The number of hydrogen-bond donors (Lipinski definition) is 1. The minimum absolute atomic E-state index is 0.214. The highest BCUT2D eigenvalue weighted by Gasteiger charge is 2.20. The molecule has 128 valence electrons. The van der Waals surface area contributed by atoms with Gasteiger partial charge in [0.1, 0.15) is 5.02 Å². The first-order chi connectivity index (χ1) is 11.6. The highest BCUT2D eigenvalue weighted by Crippen LogP contribution is 2.21. The number of hydrogen-bond acceptors (Lipinski definition) is 4. The first kappa shape index (κ1) is 17.0. The summed E-state index contributed by atoms with van der Waals surface area (Å²) in [6, 6.07) is 10.8. The Bertz CT molecular complexity index is 732. The van der Waals surface area contributed by atoms with Crippen LogP contribution in [0.1, 0.15) is 24.8 Å². The van der Waals surface area contributed by atoms with Crippen molar-refractivity contribution in [1.82, 2.24) is 14.7 Å². The molecule has 1 aromatic carbocycles. The van der Waals surface area contributed by atoms with Crippen LogP contribution in [0.2, 0.25) is 5.02 Å². The Morgan fingerprint density at radius 2 is 2.08 bits per heavy atom. The average molecular weight is 347 g/mol. The molecule has 0 unspecified atom stereocenters. The van der Waals surface area contributed by atoms with Gasteiger partial charge in [-0.15, -0.1) is 0 Å².